The van der Waals surface area contributed by atoms with Crippen LogP contribution in [-0.2, 0) is 11.2 Å². The van der Waals surface area contributed by atoms with E-state index in [1.54, 1.807) is 6.07 Å². The van der Waals surface area contributed by atoms with Crippen molar-refractivity contribution in [2.75, 3.05) is 18.5 Å². The molecule has 1 heterocycles. The van der Waals surface area contributed by atoms with Crippen LogP contribution in [0.15, 0.2) is 18.2 Å². The molecule has 0 radical (unpaired) electrons. The molecule has 4 heteroatoms. The molecule has 0 spiro atoms. The summed E-state index contributed by atoms with van der Waals surface area (Å²) in [5.74, 6) is -0.981. The van der Waals surface area contributed by atoms with Gasteiger partial charge in [-0.25, -0.2) is 0 Å². The van der Waals surface area contributed by atoms with Crippen molar-refractivity contribution >= 4 is 11.7 Å². The van der Waals surface area contributed by atoms with Gasteiger partial charge in [0, 0.05) is 19.3 Å². The van der Waals surface area contributed by atoms with E-state index in [0.717, 1.165) is 13.0 Å². The number of fused-ring (bicyclic) bond motifs is 1. The number of hydrogen-bond acceptors (Lipinski definition) is 3. The molecular formula is C12H15NO3. The van der Waals surface area contributed by atoms with Gasteiger partial charge >= 0.3 is 5.97 Å². The summed E-state index contributed by atoms with van der Waals surface area (Å²) in [6.45, 7) is 0.980. The Morgan fingerprint density at radius 1 is 1.56 bits per heavy atom. The van der Waals surface area contributed by atoms with E-state index in [1.807, 2.05) is 19.2 Å². The van der Waals surface area contributed by atoms with Gasteiger partial charge < -0.3 is 15.1 Å². The number of benzene rings is 1. The van der Waals surface area contributed by atoms with Gasteiger partial charge in [0.15, 0.2) is 0 Å². The summed E-state index contributed by atoms with van der Waals surface area (Å²) in [7, 11) is 2.03. The first-order valence-corrected chi connectivity index (χ1v) is 5.32. The van der Waals surface area contributed by atoms with E-state index in [0.29, 0.717) is 5.56 Å². The molecule has 1 aliphatic heterocycles. The maximum atomic E-state index is 10.5. The van der Waals surface area contributed by atoms with Crippen molar-refractivity contribution in [3.8, 4) is 0 Å². The van der Waals surface area contributed by atoms with Crippen LogP contribution < -0.4 is 4.90 Å². The van der Waals surface area contributed by atoms with Gasteiger partial charge in [0.1, 0.15) is 0 Å². The van der Waals surface area contributed by atoms with E-state index in [9.17, 15) is 9.90 Å². The van der Waals surface area contributed by atoms with Crippen LogP contribution in [0.25, 0.3) is 0 Å². The number of carbonyl (C=O) groups is 1. The van der Waals surface area contributed by atoms with Gasteiger partial charge in [-0.1, -0.05) is 12.1 Å². The molecule has 0 saturated carbocycles. The minimum atomic E-state index is -0.981. The van der Waals surface area contributed by atoms with Crippen LogP contribution in [0, 0.1) is 0 Å². The van der Waals surface area contributed by atoms with E-state index >= 15 is 0 Å². The Balaban J connectivity index is 2.21. The van der Waals surface area contributed by atoms with Crippen molar-refractivity contribution in [3.05, 3.63) is 29.3 Å². The minimum absolute atomic E-state index is 0.241. The Morgan fingerprint density at radius 3 is 3.00 bits per heavy atom. The van der Waals surface area contributed by atoms with Gasteiger partial charge in [0.05, 0.1) is 12.5 Å². The second-order valence-corrected chi connectivity index (χ2v) is 4.17. The third-order valence-electron chi connectivity index (χ3n) is 2.98. The first kappa shape index (κ1) is 11.0. The molecule has 1 aromatic carbocycles. The molecule has 1 aromatic rings. The Morgan fingerprint density at radius 2 is 2.31 bits per heavy atom. The zero-order valence-corrected chi connectivity index (χ0v) is 9.18. The molecule has 16 heavy (non-hydrogen) atoms. The average Bonchev–Trinajstić information content (AvgIpc) is 2.59. The van der Waals surface area contributed by atoms with Crippen LogP contribution in [0.1, 0.15) is 23.7 Å². The lowest BCUT2D eigenvalue weighted by Crippen LogP contribution is -2.12. The Kier molecular flexibility index (Phi) is 2.83. The van der Waals surface area contributed by atoms with Gasteiger partial charge in [0.25, 0.3) is 0 Å². The maximum Gasteiger partial charge on any atom is 0.306 e. The van der Waals surface area contributed by atoms with Gasteiger partial charge in [-0.05, 0) is 23.6 Å². The highest BCUT2D eigenvalue weighted by Gasteiger charge is 2.18. The molecule has 1 unspecified atom stereocenters. The molecule has 0 aliphatic carbocycles. The molecule has 2 rings (SSSR count). The molecule has 0 bridgehead atoms. The fourth-order valence-corrected chi connectivity index (χ4v) is 2.08. The Hall–Kier alpha value is -1.55. The fraction of sp³-hybridized carbons (Fsp3) is 0.417. The summed E-state index contributed by atoms with van der Waals surface area (Å²) in [6.07, 6.45) is -0.192. The standard InChI is InChI=1S/C12H15NO3/c1-13-5-4-8-6-9(2-3-10(8)13)11(14)7-12(15)16/h2-3,6,11,14H,4-5,7H2,1H3,(H,15,16). The van der Waals surface area contributed by atoms with Crippen LogP contribution >= 0.6 is 0 Å². The predicted molar refractivity (Wildman–Crippen MR) is 60.6 cm³/mol. The number of hydrogen-bond donors (Lipinski definition) is 2. The first-order valence-electron chi connectivity index (χ1n) is 5.32. The largest absolute Gasteiger partial charge is 0.481 e. The highest BCUT2D eigenvalue weighted by Crippen LogP contribution is 2.29. The zero-order chi connectivity index (χ0) is 11.7. The summed E-state index contributed by atoms with van der Waals surface area (Å²) >= 11 is 0. The number of anilines is 1. The highest BCUT2D eigenvalue weighted by molar-refractivity contribution is 5.68. The van der Waals surface area contributed by atoms with Gasteiger partial charge in [-0.15, -0.1) is 0 Å². The number of nitrogens with zero attached hydrogens (tertiary/aromatic N) is 1. The number of likely N-dealkylation sites (N-methyl/N-ethyl adjacent to an activating group) is 1. The van der Waals surface area contributed by atoms with E-state index in [1.165, 1.54) is 11.3 Å². The van der Waals surface area contributed by atoms with Crippen molar-refractivity contribution in [1.82, 2.24) is 0 Å². The van der Waals surface area contributed by atoms with Crippen LogP contribution in [-0.4, -0.2) is 29.8 Å². The normalized spacial score (nSPS) is 16.0. The molecule has 0 amide bonds. The van der Waals surface area contributed by atoms with Crippen molar-refractivity contribution in [2.45, 2.75) is 18.9 Å². The topological polar surface area (TPSA) is 60.8 Å². The summed E-state index contributed by atoms with van der Waals surface area (Å²) in [4.78, 5) is 12.7. The smallest absolute Gasteiger partial charge is 0.306 e. The van der Waals surface area contributed by atoms with Crippen molar-refractivity contribution in [2.24, 2.45) is 0 Å². The summed E-state index contributed by atoms with van der Waals surface area (Å²) in [6, 6.07) is 5.66. The number of carboxylic acids is 1. The van der Waals surface area contributed by atoms with Crippen LogP contribution in [0.4, 0.5) is 5.69 Å². The molecule has 1 atom stereocenters. The average molecular weight is 221 g/mol. The van der Waals surface area contributed by atoms with Crippen LogP contribution in [0.2, 0.25) is 0 Å². The lowest BCUT2D eigenvalue weighted by atomic mass is 10.0. The number of carboxylic acid groups (broad SMARTS) is 1. The predicted octanol–water partition coefficient (Wildman–Crippen LogP) is 1.19. The number of aliphatic hydroxyl groups is 1. The summed E-state index contributed by atoms with van der Waals surface area (Å²) in [5, 5.41) is 18.3. The number of aliphatic carboxylic acids is 1. The Bertz CT molecular complexity index is 417. The number of rotatable bonds is 3. The van der Waals surface area contributed by atoms with E-state index in [-0.39, 0.29) is 6.42 Å². The van der Waals surface area contributed by atoms with E-state index < -0.39 is 12.1 Å². The Labute approximate surface area is 94.1 Å². The third kappa shape index (κ3) is 2.02. The molecule has 86 valence electrons. The van der Waals surface area contributed by atoms with Gasteiger partial charge in [-0.3, -0.25) is 4.79 Å². The monoisotopic (exact) mass is 221 g/mol. The molecule has 0 fully saturated rings. The quantitative estimate of drug-likeness (QED) is 0.804. The first-order chi connectivity index (χ1) is 7.58. The highest BCUT2D eigenvalue weighted by atomic mass is 16.4. The third-order valence-corrected chi connectivity index (χ3v) is 2.98. The second kappa shape index (κ2) is 4.14. The minimum Gasteiger partial charge on any atom is -0.481 e. The molecule has 0 aromatic heterocycles. The van der Waals surface area contributed by atoms with Crippen molar-refractivity contribution in [3.63, 3.8) is 0 Å². The maximum absolute atomic E-state index is 10.5. The van der Waals surface area contributed by atoms with Crippen molar-refractivity contribution in [1.29, 1.82) is 0 Å². The molecule has 0 saturated heterocycles. The second-order valence-electron chi connectivity index (χ2n) is 4.17. The lowest BCUT2D eigenvalue weighted by molar-refractivity contribution is -0.139. The SMILES string of the molecule is CN1CCc2cc(C(O)CC(=O)O)ccc21. The molecular weight excluding hydrogens is 206 g/mol. The van der Waals surface area contributed by atoms with Crippen LogP contribution in [0.5, 0.6) is 0 Å². The number of aliphatic hydroxyl groups excluding tert-OH is 1. The fourth-order valence-electron chi connectivity index (χ4n) is 2.08. The summed E-state index contributed by atoms with van der Waals surface area (Å²) < 4.78 is 0. The summed E-state index contributed by atoms with van der Waals surface area (Å²) in [5.41, 5.74) is 3.05. The lowest BCUT2D eigenvalue weighted by Gasteiger charge is -2.13. The van der Waals surface area contributed by atoms with Crippen molar-refractivity contribution < 1.29 is 15.0 Å². The molecule has 2 N–H and O–H groups in total. The molecule has 4 nitrogen and oxygen atoms in total. The van der Waals surface area contributed by atoms with Crippen LogP contribution in [0.3, 0.4) is 0 Å². The van der Waals surface area contributed by atoms with E-state index in [4.69, 9.17) is 5.11 Å². The van der Waals surface area contributed by atoms with Gasteiger partial charge in [-0.2, -0.15) is 0 Å². The molecule has 1 aliphatic rings. The van der Waals surface area contributed by atoms with Gasteiger partial charge in [0.2, 0.25) is 0 Å². The zero-order valence-electron chi connectivity index (χ0n) is 9.18. The van der Waals surface area contributed by atoms with E-state index in [2.05, 4.69) is 4.90 Å².